The van der Waals surface area contributed by atoms with E-state index in [1.54, 1.807) is 66.7 Å². The maximum atomic E-state index is 12.4. The Morgan fingerprint density at radius 3 is 2.09 bits per heavy atom. The molecular formula is C26H28N4O3. The molecule has 0 bridgehead atoms. The monoisotopic (exact) mass is 444 g/mol. The van der Waals surface area contributed by atoms with E-state index in [-0.39, 0.29) is 30.3 Å². The summed E-state index contributed by atoms with van der Waals surface area (Å²) in [5, 5.41) is 11.6. The average molecular weight is 445 g/mol. The van der Waals surface area contributed by atoms with Crippen LogP contribution < -0.4 is 21.3 Å². The van der Waals surface area contributed by atoms with Gasteiger partial charge in [-0.25, -0.2) is 0 Å². The molecule has 0 aliphatic rings. The summed E-state index contributed by atoms with van der Waals surface area (Å²) in [5.74, 6) is -0.635. The van der Waals surface area contributed by atoms with E-state index < -0.39 is 0 Å². The maximum Gasteiger partial charge on any atom is 0.255 e. The van der Waals surface area contributed by atoms with Crippen LogP contribution in [0.15, 0.2) is 78.9 Å². The van der Waals surface area contributed by atoms with Crippen LogP contribution in [0, 0.1) is 0 Å². The maximum absolute atomic E-state index is 12.4. The molecular weight excluding hydrogens is 416 g/mol. The van der Waals surface area contributed by atoms with Crippen molar-refractivity contribution in [2.45, 2.75) is 26.3 Å². The molecule has 170 valence electrons. The van der Waals surface area contributed by atoms with Gasteiger partial charge in [-0.1, -0.05) is 37.3 Å². The predicted molar refractivity (Wildman–Crippen MR) is 132 cm³/mol. The van der Waals surface area contributed by atoms with Crippen LogP contribution in [0.4, 0.5) is 17.1 Å². The summed E-state index contributed by atoms with van der Waals surface area (Å²) in [6.07, 6.45) is 0.838. The van der Waals surface area contributed by atoms with Crippen LogP contribution >= 0.6 is 0 Å². The van der Waals surface area contributed by atoms with Crippen LogP contribution in [-0.4, -0.2) is 30.3 Å². The van der Waals surface area contributed by atoms with E-state index in [9.17, 15) is 14.4 Å². The number of nitrogens with one attached hydrogen (secondary N) is 4. The third-order valence-electron chi connectivity index (χ3n) is 5.01. The van der Waals surface area contributed by atoms with E-state index in [1.165, 1.54) is 0 Å². The van der Waals surface area contributed by atoms with Crippen molar-refractivity contribution in [2.24, 2.45) is 0 Å². The number of anilines is 3. The number of hydrogen-bond donors (Lipinski definition) is 4. The van der Waals surface area contributed by atoms with Gasteiger partial charge in [0.15, 0.2) is 0 Å². The number of carbonyl (C=O) groups is 3. The Hall–Kier alpha value is -4.13. The molecule has 0 saturated carbocycles. The minimum atomic E-state index is -0.256. The normalized spacial score (nSPS) is 11.2. The van der Waals surface area contributed by atoms with Gasteiger partial charge in [0.25, 0.3) is 11.8 Å². The van der Waals surface area contributed by atoms with Gasteiger partial charge in [-0.15, -0.1) is 0 Å². The zero-order valence-electron chi connectivity index (χ0n) is 18.7. The smallest absolute Gasteiger partial charge is 0.255 e. The molecule has 0 fully saturated rings. The Bertz CT molecular complexity index is 1120. The second-order valence-electron chi connectivity index (χ2n) is 7.67. The van der Waals surface area contributed by atoms with E-state index >= 15 is 0 Å². The van der Waals surface area contributed by atoms with Crippen molar-refractivity contribution in [3.63, 3.8) is 0 Å². The van der Waals surface area contributed by atoms with Gasteiger partial charge in [-0.2, -0.15) is 0 Å². The zero-order chi connectivity index (χ0) is 23.6. The first kappa shape index (κ1) is 23.5. The van der Waals surface area contributed by atoms with Crippen molar-refractivity contribution in [1.82, 2.24) is 5.32 Å². The molecule has 0 aliphatic heterocycles. The molecule has 1 unspecified atom stereocenters. The molecule has 0 aromatic heterocycles. The summed E-state index contributed by atoms with van der Waals surface area (Å²) in [6, 6.07) is 23.0. The number of amides is 3. The minimum Gasteiger partial charge on any atom is -0.376 e. The quantitative estimate of drug-likeness (QED) is 0.390. The summed E-state index contributed by atoms with van der Waals surface area (Å²) in [7, 11) is 0. The third-order valence-corrected chi connectivity index (χ3v) is 5.01. The number of benzene rings is 3. The van der Waals surface area contributed by atoms with Crippen molar-refractivity contribution in [1.29, 1.82) is 0 Å². The summed E-state index contributed by atoms with van der Waals surface area (Å²) in [6.45, 7) is 3.97. The van der Waals surface area contributed by atoms with E-state index in [1.807, 2.05) is 26.0 Å². The molecule has 3 amide bonds. The molecule has 3 rings (SSSR count). The predicted octanol–water partition coefficient (Wildman–Crippen LogP) is 4.52. The highest BCUT2D eigenvalue weighted by molar-refractivity contribution is 6.04. The number of hydrogen-bond acceptors (Lipinski definition) is 4. The molecule has 0 heterocycles. The number of rotatable bonds is 9. The third kappa shape index (κ3) is 7.21. The first-order valence-electron chi connectivity index (χ1n) is 10.9. The summed E-state index contributed by atoms with van der Waals surface area (Å²) < 4.78 is 0. The van der Waals surface area contributed by atoms with Crippen LogP contribution in [0.2, 0.25) is 0 Å². The zero-order valence-corrected chi connectivity index (χ0v) is 18.7. The summed E-state index contributed by atoms with van der Waals surface area (Å²) in [5.41, 5.74) is 2.91. The number of carbonyl (C=O) groups excluding carboxylic acids is 3. The highest BCUT2D eigenvalue weighted by Gasteiger charge is 2.10. The summed E-state index contributed by atoms with van der Waals surface area (Å²) in [4.78, 5) is 37.0. The van der Waals surface area contributed by atoms with E-state index in [0.29, 0.717) is 28.2 Å². The van der Waals surface area contributed by atoms with Crippen molar-refractivity contribution < 1.29 is 14.4 Å². The molecule has 0 saturated heterocycles. The van der Waals surface area contributed by atoms with Gasteiger partial charge in [0, 0.05) is 34.2 Å². The van der Waals surface area contributed by atoms with Gasteiger partial charge >= 0.3 is 0 Å². The van der Waals surface area contributed by atoms with Gasteiger partial charge in [-0.05, 0) is 61.9 Å². The molecule has 4 N–H and O–H groups in total. The van der Waals surface area contributed by atoms with Gasteiger partial charge in [0.05, 0.1) is 6.54 Å². The lowest BCUT2D eigenvalue weighted by Gasteiger charge is -2.13. The Morgan fingerprint density at radius 1 is 0.727 bits per heavy atom. The van der Waals surface area contributed by atoms with Crippen molar-refractivity contribution >= 4 is 34.8 Å². The van der Waals surface area contributed by atoms with Crippen LogP contribution in [0.5, 0.6) is 0 Å². The van der Waals surface area contributed by atoms with E-state index in [0.717, 1.165) is 6.42 Å². The SMILES string of the molecule is CCC(C)NC(=O)c1cccc(NC(=O)CNc2cccc(NC(=O)c3ccccc3)c2)c1. The van der Waals surface area contributed by atoms with E-state index in [2.05, 4.69) is 21.3 Å². The molecule has 1 atom stereocenters. The van der Waals surface area contributed by atoms with Crippen LogP contribution in [0.3, 0.4) is 0 Å². The van der Waals surface area contributed by atoms with Crippen LogP contribution in [-0.2, 0) is 4.79 Å². The Morgan fingerprint density at radius 2 is 1.36 bits per heavy atom. The molecule has 33 heavy (non-hydrogen) atoms. The fourth-order valence-electron chi connectivity index (χ4n) is 3.03. The average Bonchev–Trinajstić information content (AvgIpc) is 2.83. The molecule has 0 spiro atoms. The van der Waals surface area contributed by atoms with Crippen molar-refractivity contribution in [2.75, 3.05) is 22.5 Å². The highest BCUT2D eigenvalue weighted by atomic mass is 16.2. The molecule has 3 aromatic carbocycles. The molecule has 3 aromatic rings. The topological polar surface area (TPSA) is 99.3 Å². The van der Waals surface area contributed by atoms with Crippen molar-refractivity contribution in [3.8, 4) is 0 Å². The highest BCUT2D eigenvalue weighted by Crippen LogP contribution is 2.16. The molecule has 7 nitrogen and oxygen atoms in total. The largest absolute Gasteiger partial charge is 0.376 e. The Labute approximate surface area is 193 Å². The second-order valence-corrected chi connectivity index (χ2v) is 7.67. The lowest BCUT2D eigenvalue weighted by Crippen LogP contribution is -2.32. The first-order valence-corrected chi connectivity index (χ1v) is 10.9. The van der Waals surface area contributed by atoms with Gasteiger partial charge in [-0.3, -0.25) is 14.4 Å². The molecule has 0 aliphatic carbocycles. The van der Waals surface area contributed by atoms with Crippen molar-refractivity contribution in [3.05, 3.63) is 90.0 Å². The van der Waals surface area contributed by atoms with Gasteiger partial charge < -0.3 is 21.3 Å². The second kappa shape index (κ2) is 11.5. The fourth-order valence-corrected chi connectivity index (χ4v) is 3.03. The Balaban J connectivity index is 1.54. The standard InChI is InChI=1S/C26H28N4O3/c1-3-18(2)28-26(33)20-11-7-13-22(15-20)29-24(31)17-27-21-12-8-14-23(16-21)30-25(32)19-9-5-4-6-10-19/h4-16,18,27H,3,17H2,1-2H3,(H,28,33)(H,29,31)(H,30,32). The lowest BCUT2D eigenvalue weighted by molar-refractivity contribution is -0.114. The van der Waals surface area contributed by atoms with E-state index in [4.69, 9.17) is 0 Å². The van der Waals surface area contributed by atoms with Gasteiger partial charge in [0.1, 0.15) is 0 Å². The molecule has 0 radical (unpaired) electrons. The fraction of sp³-hybridized carbons (Fsp3) is 0.192. The van der Waals surface area contributed by atoms with Gasteiger partial charge in [0.2, 0.25) is 5.91 Å². The van der Waals surface area contributed by atoms with Crippen LogP contribution in [0.1, 0.15) is 41.0 Å². The summed E-state index contributed by atoms with van der Waals surface area (Å²) >= 11 is 0. The van der Waals surface area contributed by atoms with Crippen LogP contribution in [0.25, 0.3) is 0 Å². The Kier molecular flexibility index (Phi) is 8.18. The molecule has 7 heteroatoms. The lowest BCUT2D eigenvalue weighted by atomic mass is 10.1. The minimum absolute atomic E-state index is 0.0272. The first-order chi connectivity index (χ1) is 15.9.